The minimum Gasteiger partial charge on any atom is -0.344 e. The van der Waals surface area contributed by atoms with E-state index >= 15 is 0 Å². The Hall–Kier alpha value is -1.06. The van der Waals surface area contributed by atoms with E-state index in [2.05, 4.69) is 33.0 Å². The predicted octanol–water partition coefficient (Wildman–Crippen LogP) is 1.55. The fourth-order valence-corrected chi connectivity index (χ4v) is 2.77. The van der Waals surface area contributed by atoms with Gasteiger partial charge in [-0.1, -0.05) is 27.7 Å². The van der Waals surface area contributed by atoms with Crippen molar-refractivity contribution in [2.24, 2.45) is 11.3 Å². The van der Waals surface area contributed by atoms with Crippen LogP contribution in [-0.4, -0.2) is 35.3 Å². The molecule has 0 bridgehead atoms. The maximum Gasteiger partial charge on any atom is 0.245 e. The summed E-state index contributed by atoms with van der Waals surface area (Å²) in [4.78, 5) is 26.1. The van der Waals surface area contributed by atoms with Crippen LogP contribution in [0.4, 0.5) is 0 Å². The minimum atomic E-state index is -0.323. The van der Waals surface area contributed by atoms with E-state index in [0.29, 0.717) is 24.9 Å². The summed E-state index contributed by atoms with van der Waals surface area (Å²) < 4.78 is 0. The van der Waals surface area contributed by atoms with E-state index < -0.39 is 0 Å². The first kappa shape index (κ1) is 13.4. The van der Waals surface area contributed by atoms with E-state index in [1.807, 2.05) is 4.90 Å². The topological polar surface area (TPSA) is 49.4 Å². The lowest BCUT2D eigenvalue weighted by atomic mass is 10.0. The molecule has 0 aromatic rings. The quantitative estimate of drug-likeness (QED) is 0.828. The fraction of sp³-hybridized carbons (Fsp3) is 0.857. The molecule has 2 rings (SSSR count). The van der Waals surface area contributed by atoms with Crippen molar-refractivity contribution < 1.29 is 9.59 Å². The molecule has 1 aliphatic carbocycles. The van der Waals surface area contributed by atoms with Gasteiger partial charge in [0, 0.05) is 19.0 Å². The molecule has 0 aromatic heterocycles. The molecule has 2 atom stereocenters. The first-order valence-corrected chi connectivity index (χ1v) is 6.91. The zero-order valence-corrected chi connectivity index (χ0v) is 11.8. The van der Waals surface area contributed by atoms with Crippen LogP contribution in [-0.2, 0) is 9.59 Å². The van der Waals surface area contributed by atoms with Crippen LogP contribution in [0.1, 0.15) is 47.0 Å². The van der Waals surface area contributed by atoms with Gasteiger partial charge in [-0.15, -0.1) is 0 Å². The molecule has 0 aromatic carbocycles. The summed E-state index contributed by atoms with van der Waals surface area (Å²) in [6.07, 6.45) is 2.22. The van der Waals surface area contributed by atoms with Crippen molar-refractivity contribution in [3.05, 3.63) is 0 Å². The highest BCUT2D eigenvalue weighted by Gasteiger charge is 2.52. The average Bonchev–Trinajstić information content (AvgIpc) is 2.87. The molecular weight excluding hydrogens is 228 g/mol. The third kappa shape index (κ3) is 2.68. The van der Waals surface area contributed by atoms with Gasteiger partial charge in [0.1, 0.15) is 6.04 Å². The highest BCUT2D eigenvalue weighted by molar-refractivity contribution is 5.90. The lowest BCUT2D eigenvalue weighted by molar-refractivity contribution is -0.134. The first-order valence-electron chi connectivity index (χ1n) is 6.91. The molecule has 1 saturated carbocycles. The summed E-state index contributed by atoms with van der Waals surface area (Å²) in [5, 5.41) is 2.87. The normalized spacial score (nSPS) is 31.3. The Labute approximate surface area is 109 Å². The van der Waals surface area contributed by atoms with E-state index in [9.17, 15) is 9.59 Å². The van der Waals surface area contributed by atoms with Crippen molar-refractivity contribution in [2.45, 2.75) is 59.0 Å². The highest BCUT2D eigenvalue weighted by Crippen LogP contribution is 2.49. The number of carbonyl (C=O) groups is 2. The second-order valence-corrected chi connectivity index (χ2v) is 6.74. The molecular formula is C14H24N2O2. The van der Waals surface area contributed by atoms with Crippen molar-refractivity contribution in [3.8, 4) is 0 Å². The number of hydrogen-bond acceptors (Lipinski definition) is 2. The molecule has 1 saturated heterocycles. The monoisotopic (exact) mass is 252 g/mol. The van der Waals surface area contributed by atoms with Crippen molar-refractivity contribution >= 4 is 11.8 Å². The Morgan fingerprint density at radius 3 is 2.50 bits per heavy atom. The van der Waals surface area contributed by atoms with E-state index in [1.54, 1.807) is 0 Å². The number of hydrogen-bond donors (Lipinski definition) is 1. The first-order chi connectivity index (χ1) is 8.31. The molecule has 1 aliphatic heterocycles. The summed E-state index contributed by atoms with van der Waals surface area (Å²) >= 11 is 0. The predicted molar refractivity (Wildman–Crippen MR) is 69.9 cm³/mol. The highest BCUT2D eigenvalue weighted by atomic mass is 16.2. The standard InChI is InChI=1S/C14H24N2O2/c1-9(2)7-10-13(18)16(6-5-12(17)15-10)11-8-14(11,3)4/h9-11H,5-8H2,1-4H3,(H,15,17). The van der Waals surface area contributed by atoms with E-state index in [-0.39, 0.29) is 23.3 Å². The van der Waals surface area contributed by atoms with Crippen LogP contribution < -0.4 is 5.32 Å². The minimum absolute atomic E-state index is 0.00922. The van der Waals surface area contributed by atoms with Gasteiger partial charge in [0.15, 0.2) is 0 Å². The van der Waals surface area contributed by atoms with Gasteiger partial charge in [-0.2, -0.15) is 0 Å². The summed E-state index contributed by atoms with van der Waals surface area (Å²) in [7, 11) is 0. The second-order valence-electron chi connectivity index (χ2n) is 6.74. The molecule has 102 valence electrons. The summed E-state index contributed by atoms with van der Waals surface area (Å²) in [6, 6.07) is 0.00348. The third-order valence-electron chi connectivity index (χ3n) is 4.04. The van der Waals surface area contributed by atoms with Gasteiger partial charge >= 0.3 is 0 Å². The van der Waals surface area contributed by atoms with E-state index in [0.717, 1.165) is 12.8 Å². The van der Waals surface area contributed by atoms with Crippen LogP contribution in [0.2, 0.25) is 0 Å². The lowest BCUT2D eigenvalue weighted by Crippen LogP contribution is -2.46. The smallest absolute Gasteiger partial charge is 0.245 e. The zero-order valence-electron chi connectivity index (χ0n) is 11.8. The van der Waals surface area contributed by atoms with Crippen LogP contribution >= 0.6 is 0 Å². The summed E-state index contributed by atoms with van der Waals surface area (Å²) in [5.41, 5.74) is 0.228. The zero-order chi connectivity index (χ0) is 13.5. The number of nitrogens with zero attached hydrogens (tertiary/aromatic N) is 1. The van der Waals surface area contributed by atoms with Crippen LogP contribution in [0, 0.1) is 11.3 Å². The number of nitrogens with one attached hydrogen (secondary N) is 1. The van der Waals surface area contributed by atoms with Gasteiger partial charge in [-0.25, -0.2) is 0 Å². The van der Waals surface area contributed by atoms with Crippen LogP contribution in [0.5, 0.6) is 0 Å². The van der Waals surface area contributed by atoms with Gasteiger partial charge in [-0.3, -0.25) is 9.59 Å². The van der Waals surface area contributed by atoms with Crippen LogP contribution in [0.3, 0.4) is 0 Å². The molecule has 4 heteroatoms. The van der Waals surface area contributed by atoms with Crippen molar-refractivity contribution in [3.63, 3.8) is 0 Å². The van der Waals surface area contributed by atoms with Crippen molar-refractivity contribution in [2.75, 3.05) is 6.54 Å². The molecule has 1 N–H and O–H groups in total. The number of carbonyl (C=O) groups excluding carboxylic acids is 2. The maximum absolute atomic E-state index is 12.5. The Kier molecular flexibility index (Phi) is 3.39. The van der Waals surface area contributed by atoms with Gasteiger partial charge in [-0.05, 0) is 24.2 Å². The SMILES string of the molecule is CC(C)CC1NC(=O)CCN(C2CC2(C)C)C1=O. The van der Waals surface area contributed by atoms with Gasteiger partial charge in [0.05, 0.1) is 0 Å². The van der Waals surface area contributed by atoms with Gasteiger partial charge < -0.3 is 10.2 Å². The molecule has 1 heterocycles. The maximum atomic E-state index is 12.5. The third-order valence-corrected chi connectivity index (χ3v) is 4.04. The second kappa shape index (κ2) is 4.56. The summed E-state index contributed by atoms with van der Waals surface area (Å²) in [5.74, 6) is 0.534. The molecule has 18 heavy (non-hydrogen) atoms. The molecule has 2 fully saturated rings. The van der Waals surface area contributed by atoms with Gasteiger partial charge in [0.25, 0.3) is 0 Å². The fourth-order valence-electron chi connectivity index (χ4n) is 2.77. The number of amides is 2. The van der Waals surface area contributed by atoms with E-state index in [1.165, 1.54) is 0 Å². The Morgan fingerprint density at radius 2 is 2.00 bits per heavy atom. The Morgan fingerprint density at radius 1 is 1.39 bits per heavy atom. The van der Waals surface area contributed by atoms with Crippen LogP contribution in [0.25, 0.3) is 0 Å². The molecule has 2 amide bonds. The molecule has 0 spiro atoms. The Bertz CT molecular complexity index is 363. The van der Waals surface area contributed by atoms with Gasteiger partial charge in [0.2, 0.25) is 11.8 Å². The van der Waals surface area contributed by atoms with E-state index in [4.69, 9.17) is 0 Å². The molecule has 4 nitrogen and oxygen atoms in total. The van der Waals surface area contributed by atoms with Crippen molar-refractivity contribution in [1.82, 2.24) is 10.2 Å². The average molecular weight is 252 g/mol. The van der Waals surface area contributed by atoms with Crippen molar-refractivity contribution in [1.29, 1.82) is 0 Å². The molecule has 2 aliphatic rings. The Balaban J connectivity index is 2.11. The van der Waals surface area contributed by atoms with Crippen LogP contribution in [0.15, 0.2) is 0 Å². The number of rotatable bonds is 3. The summed E-state index contributed by atoms with van der Waals surface area (Å²) in [6.45, 7) is 9.10. The largest absolute Gasteiger partial charge is 0.344 e. The lowest BCUT2D eigenvalue weighted by Gasteiger charge is -2.26. The molecule has 0 radical (unpaired) electrons. The molecule has 2 unspecified atom stereocenters.